The maximum absolute atomic E-state index is 12.2. The van der Waals surface area contributed by atoms with E-state index in [9.17, 15) is 4.21 Å². The van der Waals surface area contributed by atoms with Gasteiger partial charge in [0.05, 0.1) is 10.8 Å². The van der Waals surface area contributed by atoms with Gasteiger partial charge in [-0.1, -0.05) is 48.0 Å². The van der Waals surface area contributed by atoms with Crippen LogP contribution in [0.1, 0.15) is 18.1 Å². The highest BCUT2D eigenvalue weighted by Crippen LogP contribution is 2.17. The van der Waals surface area contributed by atoms with Crippen molar-refractivity contribution in [1.82, 2.24) is 0 Å². The Morgan fingerprint density at radius 2 is 1.61 bits per heavy atom. The van der Waals surface area contributed by atoms with Gasteiger partial charge in [0.2, 0.25) is 0 Å². The number of rotatable bonds is 3. The molecule has 0 bridgehead atoms. The summed E-state index contributed by atoms with van der Waals surface area (Å²) < 4.78 is 12.2. The molecule has 0 N–H and O–H groups in total. The van der Waals surface area contributed by atoms with Gasteiger partial charge in [-0.25, -0.2) is 4.21 Å². The van der Waals surface area contributed by atoms with Crippen molar-refractivity contribution >= 4 is 16.4 Å². The minimum absolute atomic E-state index is 0.843. The topological polar surface area (TPSA) is 17.1 Å². The maximum atomic E-state index is 12.2. The predicted octanol–water partition coefficient (Wildman–Crippen LogP) is 4.16. The van der Waals surface area contributed by atoms with E-state index in [0.29, 0.717) is 0 Å². The molecule has 1 nitrogen and oxygen atoms in total. The smallest absolute Gasteiger partial charge is 0.0778 e. The fourth-order valence-electron chi connectivity index (χ4n) is 1.67. The van der Waals surface area contributed by atoms with Gasteiger partial charge in [-0.15, -0.1) is 0 Å². The van der Waals surface area contributed by atoms with Crippen molar-refractivity contribution < 1.29 is 4.21 Å². The maximum Gasteiger partial charge on any atom is 0.0778 e. The van der Waals surface area contributed by atoms with Crippen LogP contribution in [-0.2, 0) is 10.8 Å². The van der Waals surface area contributed by atoms with E-state index in [0.717, 1.165) is 16.0 Å². The molecule has 2 aromatic rings. The molecule has 2 aromatic carbocycles. The van der Waals surface area contributed by atoms with Crippen molar-refractivity contribution in [1.29, 1.82) is 0 Å². The van der Waals surface area contributed by atoms with Crippen molar-refractivity contribution in [3.05, 3.63) is 71.1 Å². The van der Waals surface area contributed by atoms with E-state index in [4.69, 9.17) is 0 Å². The van der Waals surface area contributed by atoms with Crippen molar-refractivity contribution in [2.45, 2.75) is 18.7 Å². The first-order valence-electron chi connectivity index (χ1n) is 5.88. The van der Waals surface area contributed by atoms with Gasteiger partial charge in [0.25, 0.3) is 0 Å². The van der Waals surface area contributed by atoms with Gasteiger partial charge in [-0.2, -0.15) is 0 Å². The van der Waals surface area contributed by atoms with E-state index >= 15 is 0 Å². The lowest BCUT2D eigenvalue weighted by molar-refractivity contribution is 0.688. The molecular weight excluding hydrogens is 240 g/mol. The number of hydrogen-bond acceptors (Lipinski definition) is 1. The molecule has 0 aliphatic carbocycles. The van der Waals surface area contributed by atoms with E-state index < -0.39 is 10.8 Å². The quantitative estimate of drug-likeness (QED) is 0.805. The number of hydrogen-bond donors (Lipinski definition) is 0. The summed E-state index contributed by atoms with van der Waals surface area (Å²) in [5.74, 6) is 0. The molecule has 0 spiro atoms. The number of allylic oxidation sites excluding steroid dienone is 1. The van der Waals surface area contributed by atoms with Crippen LogP contribution in [0.5, 0.6) is 0 Å². The molecule has 0 saturated heterocycles. The minimum Gasteiger partial charge on any atom is -0.250 e. The van der Waals surface area contributed by atoms with Gasteiger partial charge < -0.3 is 0 Å². The Bertz CT molecular complexity index is 568. The van der Waals surface area contributed by atoms with Crippen LogP contribution < -0.4 is 0 Å². The van der Waals surface area contributed by atoms with E-state index in [1.807, 2.05) is 68.4 Å². The largest absolute Gasteiger partial charge is 0.250 e. The van der Waals surface area contributed by atoms with Gasteiger partial charge in [-0.3, -0.25) is 0 Å². The Morgan fingerprint density at radius 3 is 2.22 bits per heavy atom. The summed E-state index contributed by atoms with van der Waals surface area (Å²) >= 11 is 0. The van der Waals surface area contributed by atoms with Gasteiger partial charge in [0.15, 0.2) is 0 Å². The highest BCUT2D eigenvalue weighted by molar-refractivity contribution is 7.88. The summed E-state index contributed by atoms with van der Waals surface area (Å²) in [4.78, 5) is 0.843. The highest BCUT2D eigenvalue weighted by Gasteiger charge is 2.02. The van der Waals surface area contributed by atoms with E-state index in [-0.39, 0.29) is 0 Å². The Labute approximate surface area is 111 Å². The summed E-state index contributed by atoms with van der Waals surface area (Å²) in [7, 11) is -1.08. The molecule has 0 fully saturated rings. The molecule has 18 heavy (non-hydrogen) atoms. The lowest BCUT2D eigenvalue weighted by Gasteiger charge is -2.02. The molecule has 0 aromatic heterocycles. The normalized spacial score (nSPS) is 13.3. The summed E-state index contributed by atoms with van der Waals surface area (Å²) in [5.41, 5.74) is 3.33. The monoisotopic (exact) mass is 256 g/mol. The zero-order chi connectivity index (χ0) is 13.0. The fraction of sp³-hybridized carbons (Fsp3) is 0.125. The third kappa shape index (κ3) is 3.17. The van der Waals surface area contributed by atoms with E-state index in [1.54, 1.807) is 5.41 Å². The van der Waals surface area contributed by atoms with Crippen LogP contribution in [0.2, 0.25) is 0 Å². The third-order valence-corrected chi connectivity index (χ3v) is 4.07. The van der Waals surface area contributed by atoms with Gasteiger partial charge >= 0.3 is 0 Å². The van der Waals surface area contributed by atoms with Crippen LogP contribution in [0.15, 0.2) is 64.9 Å². The van der Waals surface area contributed by atoms with Gasteiger partial charge in [0.1, 0.15) is 0 Å². The van der Waals surface area contributed by atoms with E-state index in [1.165, 1.54) is 5.56 Å². The molecular formula is C16H16OS. The Kier molecular flexibility index (Phi) is 4.11. The lowest BCUT2D eigenvalue weighted by Crippen LogP contribution is -1.88. The van der Waals surface area contributed by atoms with Crippen LogP contribution in [0.25, 0.3) is 5.57 Å². The zero-order valence-electron chi connectivity index (χ0n) is 10.6. The SMILES string of the molecule is C/C(=C/S(=O)c1ccc(C)cc1)c1ccccc1. The first-order chi connectivity index (χ1) is 8.66. The van der Waals surface area contributed by atoms with Crippen LogP contribution in [0.3, 0.4) is 0 Å². The molecule has 1 atom stereocenters. The fourth-order valence-corrected chi connectivity index (χ4v) is 2.67. The average molecular weight is 256 g/mol. The second-order valence-electron chi connectivity index (χ2n) is 4.28. The highest BCUT2D eigenvalue weighted by atomic mass is 32.2. The van der Waals surface area contributed by atoms with Gasteiger partial charge in [0, 0.05) is 10.3 Å². The first-order valence-corrected chi connectivity index (χ1v) is 7.09. The van der Waals surface area contributed by atoms with Crippen molar-refractivity contribution in [2.75, 3.05) is 0 Å². The summed E-state index contributed by atoms with van der Waals surface area (Å²) in [6.45, 7) is 4.01. The molecule has 0 amide bonds. The Balaban J connectivity index is 2.23. The van der Waals surface area contributed by atoms with Crippen molar-refractivity contribution in [3.8, 4) is 0 Å². The molecule has 0 aliphatic heterocycles. The minimum atomic E-state index is -1.08. The van der Waals surface area contributed by atoms with Crippen LogP contribution in [0, 0.1) is 6.92 Å². The second-order valence-corrected chi connectivity index (χ2v) is 5.58. The number of aryl methyl sites for hydroxylation is 1. The Hall–Kier alpha value is -1.67. The third-order valence-electron chi connectivity index (χ3n) is 2.77. The zero-order valence-corrected chi connectivity index (χ0v) is 11.4. The van der Waals surface area contributed by atoms with Crippen LogP contribution in [0.4, 0.5) is 0 Å². The average Bonchev–Trinajstić information content (AvgIpc) is 2.40. The van der Waals surface area contributed by atoms with E-state index in [2.05, 4.69) is 0 Å². The molecule has 1 unspecified atom stereocenters. The van der Waals surface area contributed by atoms with Crippen molar-refractivity contribution in [3.63, 3.8) is 0 Å². The Morgan fingerprint density at radius 1 is 1.00 bits per heavy atom. The number of benzene rings is 2. The molecule has 2 rings (SSSR count). The molecule has 0 heterocycles. The predicted molar refractivity (Wildman–Crippen MR) is 77.7 cm³/mol. The molecule has 2 heteroatoms. The lowest BCUT2D eigenvalue weighted by atomic mass is 10.1. The first kappa shape index (κ1) is 12.8. The van der Waals surface area contributed by atoms with Crippen LogP contribution >= 0.6 is 0 Å². The second kappa shape index (κ2) is 5.78. The molecule has 0 aliphatic rings. The summed E-state index contributed by atoms with van der Waals surface area (Å²) in [6.07, 6.45) is 0. The summed E-state index contributed by atoms with van der Waals surface area (Å²) in [5, 5.41) is 1.81. The summed E-state index contributed by atoms with van der Waals surface area (Å²) in [6, 6.07) is 17.8. The molecule has 0 radical (unpaired) electrons. The van der Waals surface area contributed by atoms with Crippen molar-refractivity contribution in [2.24, 2.45) is 0 Å². The standard InChI is InChI=1S/C16H16OS/c1-13-8-10-16(11-9-13)18(17)12-14(2)15-6-4-3-5-7-15/h3-12H,1-2H3/b14-12-. The van der Waals surface area contributed by atoms with Crippen LogP contribution in [-0.4, -0.2) is 4.21 Å². The molecule has 0 saturated carbocycles. The van der Waals surface area contributed by atoms with Gasteiger partial charge in [-0.05, 0) is 37.1 Å². The molecule has 92 valence electrons.